The lowest BCUT2D eigenvalue weighted by Gasteiger charge is -2.22. The Morgan fingerprint density at radius 3 is 2.32 bits per heavy atom. The Bertz CT molecular complexity index is 909. The number of hydrogen-bond donors (Lipinski definition) is 1. The Balaban J connectivity index is 1.90. The summed E-state index contributed by atoms with van der Waals surface area (Å²) in [6.07, 6.45) is 2.06. The third-order valence-corrected chi connectivity index (χ3v) is 5.63. The number of carbonyl (C=O) groups is 1. The number of sulfonamides is 1. The predicted octanol–water partition coefficient (Wildman–Crippen LogP) is 2.83. The van der Waals surface area contributed by atoms with Crippen LogP contribution in [0.4, 0.5) is 5.69 Å². The number of benzene rings is 2. The number of hydrogen-bond acceptors (Lipinski definition) is 4. The van der Waals surface area contributed by atoms with Crippen molar-refractivity contribution in [2.45, 2.75) is 27.2 Å². The monoisotopic (exact) mass is 404 g/mol. The second-order valence-corrected chi connectivity index (χ2v) is 8.64. The molecule has 0 radical (unpaired) electrons. The van der Waals surface area contributed by atoms with Crippen molar-refractivity contribution >= 4 is 21.6 Å². The zero-order valence-electron chi connectivity index (χ0n) is 16.9. The van der Waals surface area contributed by atoms with Crippen LogP contribution in [0.15, 0.2) is 42.5 Å². The Morgan fingerprint density at radius 1 is 1.07 bits per heavy atom. The van der Waals surface area contributed by atoms with E-state index in [2.05, 4.69) is 12.2 Å². The minimum atomic E-state index is -3.58. The van der Waals surface area contributed by atoms with Crippen LogP contribution in [0.25, 0.3) is 0 Å². The lowest BCUT2D eigenvalue weighted by Crippen LogP contribution is -2.41. The molecule has 0 atom stereocenters. The molecule has 7 heteroatoms. The second kappa shape index (κ2) is 9.59. The molecule has 1 N–H and O–H groups in total. The molecule has 6 nitrogen and oxygen atoms in total. The van der Waals surface area contributed by atoms with Crippen LogP contribution in [0.5, 0.6) is 5.75 Å². The van der Waals surface area contributed by atoms with Gasteiger partial charge in [-0.1, -0.05) is 25.1 Å². The molecule has 2 aromatic carbocycles. The average molecular weight is 405 g/mol. The highest BCUT2D eigenvalue weighted by molar-refractivity contribution is 7.92. The lowest BCUT2D eigenvalue weighted by atomic mass is 10.1. The second-order valence-electron chi connectivity index (χ2n) is 6.73. The number of aryl methyl sites for hydroxylation is 3. The van der Waals surface area contributed by atoms with Crippen LogP contribution in [0.1, 0.15) is 23.6 Å². The Labute approximate surface area is 167 Å². The van der Waals surface area contributed by atoms with E-state index in [1.54, 1.807) is 12.1 Å². The van der Waals surface area contributed by atoms with Gasteiger partial charge in [0.15, 0.2) is 0 Å². The smallest absolute Gasteiger partial charge is 0.240 e. The molecule has 0 aromatic heterocycles. The van der Waals surface area contributed by atoms with Gasteiger partial charge >= 0.3 is 0 Å². The van der Waals surface area contributed by atoms with E-state index in [0.717, 1.165) is 33.9 Å². The predicted molar refractivity (Wildman–Crippen MR) is 112 cm³/mol. The van der Waals surface area contributed by atoms with Crippen LogP contribution in [-0.4, -0.2) is 40.3 Å². The number of nitrogens with one attached hydrogen (secondary N) is 1. The molecule has 0 spiro atoms. The standard InChI is InChI=1S/C21H28N2O4S/c1-5-18-7-10-20(11-8-18)27-13-12-22-21(24)15-23(28(4,25)26)19-9-6-16(2)17(3)14-19/h6-11,14H,5,12-13,15H2,1-4H3,(H,22,24). The van der Waals surface area contributed by atoms with Gasteiger partial charge in [-0.15, -0.1) is 0 Å². The summed E-state index contributed by atoms with van der Waals surface area (Å²) in [6.45, 7) is 6.27. The first-order valence-electron chi connectivity index (χ1n) is 9.24. The first-order chi connectivity index (χ1) is 13.2. The Morgan fingerprint density at radius 2 is 1.75 bits per heavy atom. The van der Waals surface area contributed by atoms with Gasteiger partial charge < -0.3 is 10.1 Å². The zero-order chi connectivity index (χ0) is 20.7. The molecule has 0 fully saturated rings. The number of ether oxygens (including phenoxy) is 1. The highest BCUT2D eigenvalue weighted by Crippen LogP contribution is 2.21. The maximum atomic E-state index is 12.2. The zero-order valence-corrected chi connectivity index (χ0v) is 17.7. The third kappa shape index (κ3) is 6.27. The van der Waals surface area contributed by atoms with Crippen LogP contribution in [-0.2, 0) is 21.2 Å². The molecule has 152 valence electrons. The van der Waals surface area contributed by atoms with Gasteiger partial charge in [-0.05, 0) is 61.2 Å². The molecule has 0 saturated carbocycles. The molecule has 0 aliphatic carbocycles. The summed E-state index contributed by atoms with van der Waals surface area (Å²) in [5.41, 5.74) is 3.74. The fraction of sp³-hybridized carbons (Fsp3) is 0.381. The van der Waals surface area contributed by atoms with Gasteiger partial charge in [0.1, 0.15) is 18.9 Å². The molecule has 0 saturated heterocycles. The first-order valence-corrected chi connectivity index (χ1v) is 11.1. The highest BCUT2D eigenvalue weighted by Gasteiger charge is 2.21. The lowest BCUT2D eigenvalue weighted by molar-refractivity contribution is -0.119. The summed E-state index contributed by atoms with van der Waals surface area (Å²) in [4.78, 5) is 12.2. The van der Waals surface area contributed by atoms with Crippen molar-refractivity contribution in [3.05, 3.63) is 59.2 Å². The highest BCUT2D eigenvalue weighted by atomic mass is 32.2. The molecule has 28 heavy (non-hydrogen) atoms. The molecule has 2 aromatic rings. The summed E-state index contributed by atoms with van der Waals surface area (Å²) >= 11 is 0. The summed E-state index contributed by atoms with van der Waals surface area (Å²) < 4.78 is 31.0. The van der Waals surface area contributed by atoms with Crippen molar-refractivity contribution in [1.29, 1.82) is 0 Å². The number of nitrogens with zero attached hydrogens (tertiary/aromatic N) is 1. The normalized spacial score (nSPS) is 11.1. The Hall–Kier alpha value is -2.54. The van der Waals surface area contributed by atoms with Crippen LogP contribution in [0.2, 0.25) is 0 Å². The van der Waals surface area contributed by atoms with E-state index in [0.29, 0.717) is 18.8 Å². The molecule has 0 unspecified atom stereocenters. The molecular weight excluding hydrogens is 376 g/mol. The van der Waals surface area contributed by atoms with Crippen LogP contribution < -0.4 is 14.4 Å². The first kappa shape index (κ1) is 21.8. The third-order valence-electron chi connectivity index (χ3n) is 4.49. The van der Waals surface area contributed by atoms with Gasteiger partial charge in [0, 0.05) is 0 Å². The van der Waals surface area contributed by atoms with Gasteiger partial charge in [0.25, 0.3) is 0 Å². The fourth-order valence-electron chi connectivity index (χ4n) is 2.65. The van der Waals surface area contributed by atoms with Gasteiger partial charge in [-0.25, -0.2) is 8.42 Å². The molecule has 1 amide bonds. The van der Waals surface area contributed by atoms with Crippen molar-refractivity contribution in [1.82, 2.24) is 5.32 Å². The van der Waals surface area contributed by atoms with Gasteiger partial charge in [-0.3, -0.25) is 9.10 Å². The maximum absolute atomic E-state index is 12.2. The van der Waals surface area contributed by atoms with E-state index in [4.69, 9.17) is 4.74 Å². The number of anilines is 1. The van der Waals surface area contributed by atoms with E-state index < -0.39 is 10.0 Å². The van der Waals surface area contributed by atoms with Crippen molar-refractivity contribution < 1.29 is 17.9 Å². The van der Waals surface area contributed by atoms with Gasteiger partial charge in [0.05, 0.1) is 18.5 Å². The van der Waals surface area contributed by atoms with E-state index >= 15 is 0 Å². The van der Waals surface area contributed by atoms with Crippen molar-refractivity contribution in [2.75, 3.05) is 30.3 Å². The van der Waals surface area contributed by atoms with E-state index in [1.165, 1.54) is 5.56 Å². The summed E-state index contributed by atoms with van der Waals surface area (Å²) in [5.74, 6) is 0.355. The molecule has 2 rings (SSSR count). The SMILES string of the molecule is CCc1ccc(OCCNC(=O)CN(c2ccc(C)c(C)c2)S(C)(=O)=O)cc1. The largest absolute Gasteiger partial charge is 0.492 e. The maximum Gasteiger partial charge on any atom is 0.240 e. The molecule has 0 aliphatic rings. The number of amides is 1. The van der Waals surface area contributed by atoms with Crippen molar-refractivity contribution in [3.8, 4) is 5.75 Å². The van der Waals surface area contributed by atoms with E-state index in [9.17, 15) is 13.2 Å². The van der Waals surface area contributed by atoms with Crippen molar-refractivity contribution in [3.63, 3.8) is 0 Å². The molecule has 0 heterocycles. The van der Waals surface area contributed by atoms with E-state index in [-0.39, 0.29) is 12.5 Å². The van der Waals surface area contributed by atoms with E-state index in [1.807, 2.05) is 44.2 Å². The minimum absolute atomic E-state index is 0.271. The molecule has 0 bridgehead atoms. The van der Waals surface area contributed by atoms with Gasteiger partial charge in [0.2, 0.25) is 15.9 Å². The quantitative estimate of drug-likeness (QED) is 0.652. The summed E-state index contributed by atoms with van der Waals surface area (Å²) in [5, 5.41) is 2.70. The summed E-state index contributed by atoms with van der Waals surface area (Å²) in [6, 6.07) is 13.1. The van der Waals surface area contributed by atoms with Crippen LogP contribution in [0, 0.1) is 13.8 Å². The number of rotatable bonds is 9. The van der Waals surface area contributed by atoms with Crippen LogP contribution in [0.3, 0.4) is 0 Å². The minimum Gasteiger partial charge on any atom is -0.492 e. The molecule has 0 aliphatic heterocycles. The van der Waals surface area contributed by atoms with Crippen molar-refractivity contribution in [2.24, 2.45) is 0 Å². The fourth-order valence-corrected chi connectivity index (χ4v) is 3.50. The Kier molecular flexibility index (Phi) is 7.45. The average Bonchev–Trinajstić information content (AvgIpc) is 2.65. The topological polar surface area (TPSA) is 75.7 Å². The van der Waals surface area contributed by atoms with Gasteiger partial charge in [-0.2, -0.15) is 0 Å². The molecular formula is C21H28N2O4S. The summed E-state index contributed by atoms with van der Waals surface area (Å²) in [7, 11) is -3.58. The number of carbonyl (C=O) groups excluding carboxylic acids is 1. The van der Waals surface area contributed by atoms with Crippen LogP contribution >= 0.6 is 0 Å².